The first-order valence-electron chi connectivity index (χ1n) is 12.0. The monoisotopic (exact) mass is 447 g/mol. The Balaban J connectivity index is 1.47. The number of rotatable bonds is 5. The normalized spacial score (nSPS) is 17.6. The molecule has 0 unspecified atom stereocenters. The zero-order valence-electron chi connectivity index (χ0n) is 19.5. The number of hydrogen-bond donors (Lipinski definition) is 1. The van der Waals surface area contributed by atoms with Crippen molar-refractivity contribution in [3.05, 3.63) is 70.8 Å². The van der Waals surface area contributed by atoms with Gasteiger partial charge in [-0.3, -0.25) is 14.4 Å². The number of amides is 3. The lowest BCUT2D eigenvalue weighted by molar-refractivity contribution is -0.134. The summed E-state index contributed by atoms with van der Waals surface area (Å²) in [7, 11) is 0. The van der Waals surface area contributed by atoms with Crippen LogP contribution in [0.25, 0.3) is 0 Å². The third-order valence-electron chi connectivity index (χ3n) is 6.92. The summed E-state index contributed by atoms with van der Waals surface area (Å²) in [5.41, 5.74) is 3.28. The van der Waals surface area contributed by atoms with Crippen LogP contribution in [0.2, 0.25) is 0 Å². The van der Waals surface area contributed by atoms with Gasteiger partial charge in [0.2, 0.25) is 5.91 Å². The molecule has 2 saturated heterocycles. The Morgan fingerprint density at radius 3 is 2.24 bits per heavy atom. The summed E-state index contributed by atoms with van der Waals surface area (Å²) >= 11 is 0. The summed E-state index contributed by atoms with van der Waals surface area (Å²) in [6, 6.07) is 14.5. The molecular weight excluding hydrogens is 414 g/mol. The molecule has 0 radical (unpaired) electrons. The highest BCUT2D eigenvalue weighted by Gasteiger charge is 2.37. The minimum atomic E-state index is -0.563. The molecule has 6 heteroatoms. The number of carbonyl (C=O) groups excluding carboxylic acids is 3. The molecule has 3 amide bonds. The molecule has 1 atom stereocenters. The summed E-state index contributed by atoms with van der Waals surface area (Å²) in [6.07, 6.45) is 3.40. The first-order valence-corrected chi connectivity index (χ1v) is 12.0. The number of carbonyl (C=O) groups is 3. The van der Waals surface area contributed by atoms with Gasteiger partial charge in [0.05, 0.1) is 0 Å². The second kappa shape index (κ2) is 10.2. The number of benzene rings is 2. The van der Waals surface area contributed by atoms with E-state index in [9.17, 15) is 14.4 Å². The van der Waals surface area contributed by atoms with Gasteiger partial charge in [-0.05, 0) is 69.2 Å². The molecule has 1 N–H and O–H groups in total. The molecule has 174 valence electrons. The maximum atomic E-state index is 13.4. The van der Waals surface area contributed by atoms with Crippen LogP contribution in [0, 0.1) is 19.8 Å². The zero-order chi connectivity index (χ0) is 23.4. The minimum absolute atomic E-state index is 0.00720. The van der Waals surface area contributed by atoms with Crippen LogP contribution in [0.5, 0.6) is 0 Å². The van der Waals surface area contributed by atoms with E-state index < -0.39 is 6.04 Å². The smallest absolute Gasteiger partial charge is 0.254 e. The maximum absolute atomic E-state index is 13.4. The van der Waals surface area contributed by atoms with Crippen LogP contribution in [0.3, 0.4) is 0 Å². The highest BCUT2D eigenvalue weighted by atomic mass is 16.2. The van der Waals surface area contributed by atoms with Crippen LogP contribution in [0.15, 0.2) is 48.5 Å². The van der Waals surface area contributed by atoms with Gasteiger partial charge in [0.1, 0.15) is 6.04 Å². The highest BCUT2D eigenvalue weighted by Crippen LogP contribution is 2.25. The molecule has 0 aromatic heterocycles. The lowest BCUT2D eigenvalue weighted by Crippen LogP contribution is -2.54. The molecule has 2 heterocycles. The summed E-state index contributed by atoms with van der Waals surface area (Å²) in [5.74, 6) is -0.155. The zero-order valence-corrected chi connectivity index (χ0v) is 19.5. The third-order valence-corrected chi connectivity index (χ3v) is 6.92. The fourth-order valence-corrected chi connectivity index (χ4v) is 4.95. The van der Waals surface area contributed by atoms with Gasteiger partial charge in [-0.15, -0.1) is 0 Å². The van der Waals surface area contributed by atoms with E-state index in [-0.39, 0.29) is 23.6 Å². The standard InChI is InChI=1S/C27H33N3O3/c1-19-8-7-10-22(18-19)25(31)28-24(27(33)29-14-5-6-15-29)21-12-16-30(17-13-21)26(32)23-11-4-3-9-20(23)2/h3-4,7-11,18,21,24H,5-6,12-17H2,1-2H3,(H,28,31)/t24-/m0/s1. The predicted octanol–water partition coefficient (Wildman–Crippen LogP) is 3.58. The van der Waals surface area contributed by atoms with Crippen molar-refractivity contribution in [2.45, 2.75) is 45.6 Å². The van der Waals surface area contributed by atoms with Crippen molar-refractivity contribution >= 4 is 17.7 Å². The Hall–Kier alpha value is -3.15. The molecule has 6 nitrogen and oxygen atoms in total. The number of nitrogens with zero attached hydrogens (tertiary/aromatic N) is 2. The largest absolute Gasteiger partial charge is 0.341 e. The number of aryl methyl sites for hydroxylation is 2. The fourth-order valence-electron chi connectivity index (χ4n) is 4.95. The van der Waals surface area contributed by atoms with Gasteiger partial charge in [-0.2, -0.15) is 0 Å². The summed E-state index contributed by atoms with van der Waals surface area (Å²) < 4.78 is 0. The molecule has 2 aliphatic heterocycles. The van der Waals surface area contributed by atoms with Crippen LogP contribution < -0.4 is 5.32 Å². The van der Waals surface area contributed by atoms with Crippen molar-refractivity contribution in [2.75, 3.05) is 26.2 Å². The van der Waals surface area contributed by atoms with Gasteiger partial charge < -0.3 is 15.1 Å². The molecule has 0 aliphatic carbocycles. The van der Waals surface area contributed by atoms with E-state index in [1.807, 2.05) is 66.1 Å². The van der Waals surface area contributed by atoms with Crippen LogP contribution in [0.4, 0.5) is 0 Å². The van der Waals surface area contributed by atoms with Gasteiger partial charge >= 0.3 is 0 Å². The Morgan fingerprint density at radius 2 is 1.58 bits per heavy atom. The van der Waals surface area contributed by atoms with E-state index in [1.165, 1.54) is 0 Å². The topological polar surface area (TPSA) is 69.7 Å². The molecule has 0 saturated carbocycles. The maximum Gasteiger partial charge on any atom is 0.254 e. The van der Waals surface area contributed by atoms with Crippen molar-refractivity contribution < 1.29 is 14.4 Å². The number of likely N-dealkylation sites (tertiary alicyclic amines) is 2. The van der Waals surface area contributed by atoms with Gasteiger partial charge in [0.15, 0.2) is 0 Å². The van der Waals surface area contributed by atoms with Gasteiger partial charge in [0.25, 0.3) is 11.8 Å². The van der Waals surface area contributed by atoms with E-state index in [2.05, 4.69) is 5.32 Å². The third kappa shape index (κ3) is 5.27. The van der Waals surface area contributed by atoms with Gasteiger partial charge in [-0.1, -0.05) is 35.9 Å². The summed E-state index contributed by atoms with van der Waals surface area (Å²) in [5, 5.41) is 3.06. The van der Waals surface area contributed by atoms with Crippen LogP contribution >= 0.6 is 0 Å². The van der Waals surface area contributed by atoms with Crippen molar-refractivity contribution in [3.63, 3.8) is 0 Å². The number of hydrogen-bond acceptors (Lipinski definition) is 3. The molecule has 2 aliphatic rings. The van der Waals surface area contributed by atoms with Gasteiger partial charge in [-0.25, -0.2) is 0 Å². The van der Waals surface area contributed by atoms with E-state index in [0.29, 0.717) is 31.5 Å². The fraction of sp³-hybridized carbons (Fsp3) is 0.444. The van der Waals surface area contributed by atoms with Crippen molar-refractivity contribution in [3.8, 4) is 0 Å². The first kappa shape index (κ1) is 23.0. The first-order chi connectivity index (χ1) is 15.9. The summed E-state index contributed by atoms with van der Waals surface area (Å²) in [4.78, 5) is 43.2. The lowest BCUT2D eigenvalue weighted by atomic mass is 9.87. The van der Waals surface area contributed by atoms with Gasteiger partial charge in [0, 0.05) is 37.3 Å². The van der Waals surface area contributed by atoms with Crippen LogP contribution in [-0.4, -0.2) is 59.7 Å². The van der Waals surface area contributed by atoms with E-state index in [4.69, 9.17) is 0 Å². The van der Waals surface area contributed by atoms with Crippen molar-refractivity contribution in [1.82, 2.24) is 15.1 Å². The van der Waals surface area contributed by atoms with Crippen LogP contribution in [-0.2, 0) is 4.79 Å². The van der Waals surface area contributed by atoms with Crippen molar-refractivity contribution in [2.24, 2.45) is 5.92 Å². The van der Waals surface area contributed by atoms with E-state index >= 15 is 0 Å². The highest BCUT2D eigenvalue weighted by molar-refractivity contribution is 5.98. The lowest BCUT2D eigenvalue weighted by Gasteiger charge is -2.37. The molecule has 2 aromatic rings. The second-order valence-electron chi connectivity index (χ2n) is 9.30. The molecule has 4 rings (SSSR count). The molecular formula is C27H33N3O3. The predicted molar refractivity (Wildman–Crippen MR) is 128 cm³/mol. The molecule has 2 fully saturated rings. The number of piperidine rings is 1. The Bertz CT molecular complexity index is 1020. The minimum Gasteiger partial charge on any atom is -0.341 e. The van der Waals surface area contributed by atoms with Crippen LogP contribution in [0.1, 0.15) is 57.5 Å². The quantitative estimate of drug-likeness (QED) is 0.762. The van der Waals surface area contributed by atoms with Crippen molar-refractivity contribution in [1.29, 1.82) is 0 Å². The Morgan fingerprint density at radius 1 is 0.879 bits per heavy atom. The molecule has 2 aromatic carbocycles. The van der Waals surface area contributed by atoms with E-state index in [1.54, 1.807) is 6.07 Å². The average molecular weight is 448 g/mol. The molecule has 0 spiro atoms. The Labute approximate surface area is 196 Å². The molecule has 33 heavy (non-hydrogen) atoms. The Kier molecular flexibility index (Phi) is 7.11. The number of nitrogens with one attached hydrogen (secondary N) is 1. The SMILES string of the molecule is Cc1cccc(C(=O)N[C@H](C(=O)N2CCCC2)C2CCN(C(=O)c3ccccc3C)CC2)c1. The second-order valence-corrected chi connectivity index (χ2v) is 9.30. The average Bonchev–Trinajstić information content (AvgIpc) is 3.37. The molecule has 0 bridgehead atoms. The van der Waals surface area contributed by atoms with E-state index in [0.717, 1.165) is 42.6 Å². The summed E-state index contributed by atoms with van der Waals surface area (Å²) in [6.45, 7) is 6.57.